The third kappa shape index (κ3) is 7.63. The summed E-state index contributed by atoms with van der Waals surface area (Å²) >= 11 is 0. The van der Waals surface area contributed by atoms with Crippen molar-refractivity contribution in [1.82, 2.24) is 4.90 Å². The SMILES string of the molecule is COc1cccc(Oc2cccc(C(O)/C=C/[C@H]3CCC(=O)N3CCCCCCC(=O)O)c2)c1. The Balaban J connectivity index is 1.54. The summed E-state index contributed by atoms with van der Waals surface area (Å²) in [5.41, 5.74) is 0.700. The molecule has 7 heteroatoms. The van der Waals surface area contributed by atoms with E-state index in [4.69, 9.17) is 14.6 Å². The molecule has 2 aromatic rings. The fourth-order valence-electron chi connectivity index (χ4n) is 4.07. The molecule has 0 radical (unpaired) electrons. The van der Waals surface area contributed by atoms with Gasteiger partial charge in [-0.3, -0.25) is 9.59 Å². The molecular formula is C27H33NO6. The number of likely N-dealkylation sites (tertiary alicyclic amines) is 1. The smallest absolute Gasteiger partial charge is 0.303 e. The second-order valence-corrected chi connectivity index (χ2v) is 8.43. The maximum Gasteiger partial charge on any atom is 0.303 e. The second kappa shape index (κ2) is 12.8. The number of aliphatic hydroxyl groups is 1. The number of ether oxygens (including phenoxy) is 2. The Morgan fingerprint density at radius 3 is 2.56 bits per heavy atom. The molecule has 0 aromatic heterocycles. The number of rotatable bonds is 13. The highest BCUT2D eigenvalue weighted by molar-refractivity contribution is 5.79. The van der Waals surface area contributed by atoms with Crippen LogP contribution in [-0.2, 0) is 9.59 Å². The first-order chi connectivity index (χ1) is 16.5. The van der Waals surface area contributed by atoms with E-state index in [9.17, 15) is 14.7 Å². The van der Waals surface area contributed by atoms with Crippen molar-refractivity contribution in [1.29, 1.82) is 0 Å². The summed E-state index contributed by atoms with van der Waals surface area (Å²) in [7, 11) is 1.60. The molecular weight excluding hydrogens is 434 g/mol. The highest BCUT2D eigenvalue weighted by atomic mass is 16.5. The number of benzene rings is 2. The van der Waals surface area contributed by atoms with E-state index in [1.54, 1.807) is 25.3 Å². The van der Waals surface area contributed by atoms with Crippen LogP contribution in [0, 0.1) is 0 Å². The average molecular weight is 468 g/mol. The van der Waals surface area contributed by atoms with E-state index in [1.165, 1.54) is 0 Å². The molecule has 1 fully saturated rings. The van der Waals surface area contributed by atoms with E-state index in [2.05, 4.69) is 0 Å². The first-order valence-electron chi connectivity index (χ1n) is 11.8. The van der Waals surface area contributed by atoms with E-state index < -0.39 is 12.1 Å². The molecule has 1 heterocycles. The van der Waals surface area contributed by atoms with E-state index in [0.29, 0.717) is 42.2 Å². The van der Waals surface area contributed by atoms with Crippen molar-refractivity contribution < 1.29 is 29.3 Å². The van der Waals surface area contributed by atoms with Crippen molar-refractivity contribution in [3.05, 3.63) is 66.2 Å². The van der Waals surface area contributed by atoms with Gasteiger partial charge in [0.25, 0.3) is 0 Å². The number of amides is 1. The number of carboxylic acids is 1. The topological polar surface area (TPSA) is 96.3 Å². The van der Waals surface area contributed by atoms with Gasteiger partial charge in [0.15, 0.2) is 0 Å². The summed E-state index contributed by atoms with van der Waals surface area (Å²) in [6, 6.07) is 14.6. The number of nitrogens with zero attached hydrogens (tertiary/aromatic N) is 1. The Hall–Kier alpha value is -3.32. The number of hydrogen-bond acceptors (Lipinski definition) is 5. The number of unbranched alkanes of at least 4 members (excludes halogenated alkanes) is 3. The molecule has 0 aliphatic carbocycles. The summed E-state index contributed by atoms with van der Waals surface area (Å²) in [6.45, 7) is 0.654. The van der Waals surface area contributed by atoms with E-state index in [1.807, 2.05) is 47.4 Å². The molecule has 3 rings (SSSR count). The van der Waals surface area contributed by atoms with Crippen LogP contribution in [0.25, 0.3) is 0 Å². The van der Waals surface area contributed by atoms with Crippen LogP contribution in [-0.4, -0.2) is 46.7 Å². The third-order valence-corrected chi connectivity index (χ3v) is 5.91. The standard InChI is InChI=1S/C27H33NO6/c1-33-22-9-7-11-24(19-22)34-23-10-6-8-20(18-23)25(29)15-13-21-14-16-26(30)28(21)17-5-3-2-4-12-27(31)32/h6-11,13,15,18-19,21,25,29H,2-5,12,14,16-17H2,1H3,(H,31,32)/b15-13+/t21-,25?/m0/s1. The van der Waals surface area contributed by atoms with E-state index in [-0.39, 0.29) is 18.4 Å². The molecule has 1 unspecified atom stereocenters. The van der Waals surface area contributed by atoms with Crippen LogP contribution < -0.4 is 9.47 Å². The molecule has 1 aliphatic rings. The molecule has 1 saturated heterocycles. The van der Waals surface area contributed by atoms with Gasteiger partial charge in [-0.15, -0.1) is 0 Å². The van der Waals surface area contributed by atoms with Gasteiger partial charge >= 0.3 is 5.97 Å². The number of carbonyl (C=O) groups is 2. The van der Waals surface area contributed by atoms with Crippen LogP contribution in [0.1, 0.15) is 56.6 Å². The van der Waals surface area contributed by atoms with Gasteiger partial charge in [0.2, 0.25) is 5.91 Å². The molecule has 0 spiro atoms. The largest absolute Gasteiger partial charge is 0.497 e. The Bertz CT molecular complexity index is 989. The first-order valence-corrected chi connectivity index (χ1v) is 11.8. The Labute approximate surface area is 200 Å². The van der Waals surface area contributed by atoms with Crippen molar-refractivity contribution in [2.75, 3.05) is 13.7 Å². The summed E-state index contributed by atoms with van der Waals surface area (Å²) < 4.78 is 11.1. The number of methoxy groups -OCH3 is 1. The lowest BCUT2D eigenvalue weighted by Gasteiger charge is -2.22. The fourth-order valence-corrected chi connectivity index (χ4v) is 4.07. The highest BCUT2D eigenvalue weighted by Gasteiger charge is 2.28. The Morgan fingerprint density at radius 2 is 1.79 bits per heavy atom. The van der Waals surface area contributed by atoms with Crippen molar-refractivity contribution in [3.8, 4) is 17.2 Å². The number of carbonyl (C=O) groups excluding carboxylic acids is 1. The van der Waals surface area contributed by atoms with Gasteiger partial charge in [-0.05, 0) is 49.1 Å². The number of carboxylic acid groups (broad SMARTS) is 1. The van der Waals surface area contributed by atoms with Gasteiger partial charge < -0.3 is 24.6 Å². The van der Waals surface area contributed by atoms with Crippen molar-refractivity contribution >= 4 is 11.9 Å². The van der Waals surface area contributed by atoms with Crippen LogP contribution in [0.15, 0.2) is 60.7 Å². The van der Waals surface area contributed by atoms with Gasteiger partial charge in [0.05, 0.1) is 19.3 Å². The van der Waals surface area contributed by atoms with Gasteiger partial charge in [-0.25, -0.2) is 0 Å². The Morgan fingerprint density at radius 1 is 1.09 bits per heavy atom. The summed E-state index contributed by atoms with van der Waals surface area (Å²) in [6.07, 6.45) is 7.52. The molecule has 182 valence electrons. The van der Waals surface area contributed by atoms with Gasteiger partial charge in [-0.1, -0.05) is 43.2 Å². The van der Waals surface area contributed by atoms with Crippen LogP contribution in [0.5, 0.6) is 17.2 Å². The predicted molar refractivity (Wildman–Crippen MR) is 129 cm³/mol. The van der Waals surface area contributed by atoms with E-state index >= 15 is 0 Å². The van der Waals surface area contributed by atoms with Crippen LogP contribution in [0.4, 0.5) is 0 Å². The lowest BCUT2D eigenvalue weighted by molar-refractivity contribution is -0.137. The van der Waals surface area contributed by atoms with Crippen molar-refractivity contribution in [2.45, 2.75) is 57.1 Å². The second-order valence-electron chi connectivity index (χ2n) is 8.43. The highest BCUT2D eigenvalue weighted by Crippen LogP contribution is 2.28. The zero-order chi connectivity index (χ0) is 24.3. The zero-order valence-corrected chi connectivity index (χ0v) is 19.6. The molecule has 34 heavy (non-hydrogen) atoms. The fraction of sp³-hybridized carbons (Fsp3) is 0.407. The molecule has 0 saturated carbocycles. The summed E-state index contributed by atoms with van der Waals surface area (Å²) in [5.74, 6) is 1.31. The molecule has 1 amide bonds. The quantitative estimate of drug-likeness (QED) is 0.314. The minimum atomic E-state index is -0.817. The minimum Gasteiger partial charge on any atom is -0.497 e. The maximum atomic E-state index is 12.3. The van der Waals surface area contributed by atoms with Crippen molar-refractivity contribution in [2.24, 2.45) is 0 Å². The van der Waals surface area contributed by atoms with Gasteiger partial charge in [0, 0.05) is 25.5 Å². The Kier molecular flexibility index (Phi) is 9.52. The number of hydrogen-bond donors (Lipinski definition) is 2. The maximum absolute atomic E-state index is 12.3. The zero-order valence-electron chi connectivity index (χ0n) is 19.6. The first kappa shape index (κ1) is 25.3. The molecule has 7 nitrogen and oxygen atoms in total. The van der Waals surface area contributed by atoms with Crippen molar-refractivity contribution in [3.63, 3.8) is 0 Å². The monoisotopic (exact) mass is 467 g/mol. The van der Waals surface area contributed by atoms with Gasteiger partial charge in [-0.2, -0.15) is 0 Å². The molecule has 2 N–H and O–H groups in total. The summed E-state index contributed by atoms with van der Waals surface area (Å²) in [5, 5.41) is 19.4. The molecule has 1 aliphatic heterocycles. The summed E-state index contributed by atoms with van der Waals surface area (Å²) in [4.78, 5) is 24.8. The predicted octanol–water partition coefficient (Wildman–Crippen LogP) is 5.10. The van der Waals surface area contributed by atoms with Crippen LogP contribution in [0.2, 0.25) is 0 Å². The average Bonchev–Trinajstić information content (AvgIpc) is 3.19. The normalized spacial score (nSPS) is 16.7. The number of aliphatic carboxylic acids is 1. The lowest BCUT2D eigenvalue weighted by Crippen LogP contribution is -2.32. The van der Waals surface area contributed by atoms with E-state index in [0.717, 1.165) is 25.7 Å². The van der Waals surface area contributed by atoms with Crippen LogP contribution in [0.3, 0.4) is 0 Å². The molecule has 2 atom stereocenters. The van der Waals surface area contributed by atoms with Crippen LogP contribution >= 0.6 is 0 Å². The lowest BCUT2D eigenvalue weighted by atomic mass is 10.1. The molecule has 2 aromatic carbocycles. The minimum absolute atomic E-state index is 0.0302. The third-order valence-electron chi connectivity index (χ3n) is 5.91. The van der Waals surface area contributed by atoms with Gasteiger partial charge in [0.1, 0.15) is 17.2 Å². The molecule has 0 bridgehead atoms. The number of aliphatic hydroxyl groups excluding tert-OH is 1.